The first-order chi connectivity index (χ1) is 9.52. The number of anilines is 1. The van der Waals surface area contributed by atoms with Gasteiger partial charge in [0.2, 0.25) is 0 Å². The summed E-state index contributed by atoms with van der Waals surface area (Å²) in [5.41, 5.74) is 6.53. The molecule has 1 rings (SSSR count). The van der Waals surface area contributed by atoms with Crippen LogP contribution in [0.15, 0.2) is 24.3 Å². The average Bonchev–Trinajstić information content (AvgIpc) is 2.47. The molecule has 0 atom stereocenters. The molecule has 0 amide bonds. The third-order valence-corrected chi connectivity index (χ3v) is 4.87. The molecule has 0 fully saturated rings. The van der Waals surface area contributed by atoms with E-state index in [1.165, 1.54) is 0 Å². The second-order valence-electron chi connectivity index (χ2n) is 4.56. The third kappa shape index (κ3) is 5.38. The number of benzene rings is 1. The molecule has 1 aromatic rings. The van der Waals surface area contributed by atoms with Gasteiger partial charge >= 0.3 is 0 Å². The number of nitrogens with zero attached hydrogens (tertiary/aromatic N) is 1. The summed E-state index contributed by atoms with van der Waals surface area (Å²) in [7, 11) is -1.34. The number of ether oxygens (including phenoxy) is 1. The average molecular weight is 300 g/mol. The molecule has 20 heavy (non-hydrogen) atoms. The van der Waals surface area contributed by atoms with Gasteiger partial charge in [0, 0.05) is 24.5 Å². The Morgan fingerprint density at radius 2 is 1.85 bits per heavy atom. The van der Waals surface area contributed by atoms with E-state index < -0.39 is 9.84 Å². The number of methoxy groups -OCH3 is 1. The molecule has 0 aromatic heterocycles. The van der Waals surface area contributed by atoms with Crippen LogP contribution < -0.4 is 15.4 Å². The molecule has 0 radical (unpaired) electrons. The highest BCUT2D eigenvalue weighted by atomic mass is 32.2. The maximum atomic E-state index is 11.6. The molecular weight excluding hydrogens is 276 g/mol. The Morgan fingerprint density at radius 3 is 2.35 bits per heavy atom. The van der Waals surface area contributed by atoms with Crippen molar-refractivity contribution in [3.8, 4) is 5.75 Å². The molecule has 0 spiro atoms. The van der Waals surface area contributed by atoms with Crippen molar-refractivity contribution in [1.29, 1.82) is 0 Å². The lowest BCUT2D eigenvalue weighted by atomic mass is 10.2. The summed E-state index contributed by atoms with van der Waals surface area (Å²) < 4.78 is 28.4. The molecule has 0 heterocycles. The lowest BCUT2D eigenvalue weighted by Crippen LogP contribution is -2.31. The molecule has 5 nitrogen and oxygen atoms in total. The number of sulfone groups is 1. The van der Waals surface area contributed by atoms with Crippen LogP contribution in [0.3, 0.4) is 0 Å². The van der Waals surface area contributed by atoms with Gasteiger partial charge in [-0.15, -0.1) is 0 Å². The summed E-state index contributed by atoms with van der Waals surface area (Å²) in [5.74, 6) is 1.13. The highest BCUT2D eigenvalue weighted by Gasteiger charge is 2.12. The highest BCUT2D eigenvalue weighted by molar-refractivity contribution is 7.91. The Morgan fingerprint density at radius 1 is 1.20 bits per heavy atom. The van der Waals surface area contributed by atoms with E-state index in [2.05, 4.69) is 4.90 Å². The van der Waals surface area contributed by atoms with Gasteiger partial charge in [-0.3, -0.25) is 0 Å². The molecule has 0 aliphatic carbocycles. The summed E-state index contributed by atoms with van der Waals surface area (Å²) in [6, 6.07) is 7.63. The zero-order valence-electron chi connectivity index (χ0n) is 12.2. The van der Waals surface area contributed by atoms with Crippen molar-refractivity contribution in [2.24, 2.45) is 5.73 Å². The predicted molar refractivity (Wildman–Crippen MR) is 83.2 cm³/mol. The van der Waals surface area contributed by atoms with E-state index in [0.717, 1.165) is 24.4 Å². The van der Waals surface area contributed by atoms with E-state index in [9.17, 15) is 8.42 Å². The summed E-state index contributed by atoms with van der Waals surface area (Å²) in [6.45, 7) is 3.50. The maximum Gasteiger partial charge on any atom is 0.151 e. The van der Waals surface area contributed by atoms with Gasteiger partial charge in [-0.1, -0.05) is 6.92 Å². The second kappa shape index (κ2) is 8.11. The number of nitrogens with two attached hydrogens (primary N) is 1. The fraction of sp³-hybridized carbons (Fsp3) is 0.571. The van der Waals surface area contributed by atoms with Crippen LogP contribution in [-0.2, 0) is 9.84 Å². The Balaban J connectivity index is 2.76. The summed E-state index contributed by atoms with van der Waals surface area (Å²) in [5, 5.41) is 0. The highest BCUT2D eigenvalue weighted by Crippen LogP contribution is 2.19. The number of rotatable bonds is 9. The van der Waals surface area contributed by atoms with Crippen LogP contribution in [0.2, 0.25) is 0 Å². The van der Waals surface area contributed by atoms with Crippen LogP contribution in [-0.4, -0.2) is 46.7 Å². The minimum absolute atomic E-state index is 0.167. The molecular formula is C14H24N2O3S. The Kier molecular flexibility index (Phi) is 6.81. The van der Waals surface area contributed by atoms with Crippen molar-refractivity contribution in [2.75, 3.05) is 43.1 Å². The minimum Gasteiger partial charge on any atom is -0.497 e. The molecule has 0 aliphatic rings. The molecule has 0 saturated carbocycles. The molecule has 0 unspecified atom stereocenters. The molecule has 0 saturated heterocycles. The van der Waals surface area contributed by atoms with E-state index >= 15 is 0 Å². The van der Waals surface area contributed by atoms with Gasteiger partial charge in [-0.25, -0.2) is 8.42 Å². The van der Waals surface area contributed by atoms with Crippen molar-refractivity contribution < 1.29 is 13.2 Å². The van der Waals surface area contributed by atoms with Crippen molar-refractivity contribution in [2.45, 2.75) is 13.3 Å². The lowest BCUT2D eigenvalue weighted by Gasteiger charge is -2.24. The van der Waals surface area contributed by atoms with Crippen LogP contribution in [0.1, 0.15) is 13.3 Å². The van der Waals surface area contributed by atoms with E-state index in [0.29, 0.717) is 13.1 Å². The van der Waals surface area contributed by atoms with Crippen LogP contribution in [0.5, 0.6) is 5.75 Å². The van der Waals surface area contributed by atoms with Crippen molar-refractivity contribution in [1.82, 2.24) is 0 Å². The zero-order chi connectivity index (χ0) is 15.0. The second-order valence-corrected chi connectivity index (χ2v) is 7.04. The van der Waals surface area contributed by atoms with Gasteiger partial charge in [0.1, 0.15) is 5.75 Å². The third-order valence-electron chi connectivity index (χ3n) is 3.18. The molecule has 1 aromatic carbocycles. The fourth-order valence-corrected chi connectivity index (χ4v) is 2.63. The maximum absolute atomic E-state index is 11.6. The van der Waals surface area contributed by atoms with Gasteiger partial charge in [0.05, 0.1) is 12.9 Å². The van der Waals surface area contributed by atoms with Gasteiger partial charge < -0.3 is 15.4 Å². The van der Waals surface area contributed by atoms with Crippen LogP contribution in [0.25, 0.3) is 0 Å². The smallest absolute Gasteiger partial charge is 0.151 e. The first kappa shape index (κ1) is 16.8. The van der Waals surface area contributed by atoms with Crippen molar-refractivity contribution in [3.05, 3.63) is 24.3 Å². The largest absolute Gasteiger partial charge is 0.497 e. The summed E-state index contributed by atoms with van der Waals surface area (Å²) >= 11 is 0. The molecule has 0 aliphatic heterocycles. The summed E-state index contributed by atoms with van der Waals surface area (Å²) in [6.07, 6.45) is 0.832. The van der Waals surface area contributed by atoms with E-state index in [1.54, 1.807) is 14.0 Å². The van der Waals surface area contributed by atoms with E-state index in [-0.39, 0.29) is 11.5 Å². The first-order valence-corrected chi connectivity index (χ1v) is 8.64. The van der Waals surface area contributed by atoms with Crippen molar-refractivity contribution >= 4 is 15.5 Å². The van der Waals surface area contributed by atoms with Crippen LogP contribution in [0.4, 0.5) is 5.69 Å². The number of hydrogen-bond donors (Lipinski definition) is 1. The van der Waals surface area contributed by atoms with Gasteiger partial charge in [-0.2, -0.15) is 0 Å². The van der Waals surface area contributed by atoms with Gasteiger partial charge in [0.25, 0.3) is 0 Å². The van der Waals surface area contributed by atoms with Gasteiger partial charge in [0.15, 0.2) is 9.84 Å². The monoisotopic (exact) mass is 300 g/mol. The van der Waals surface area contributed by atoms with E-state index in [4.69, 9.17) is 10.5 Å². The molecule has 2 N–H and O–H groups in total. The predicted octanol–water partition coefficient (Wildman–Crippen LogP) is 1.29. The Labute approximate surface area is 121 Å². The standard InChI is InChI=1S/C14H24N2O3S/c1-3-20(17,18)12-11-16(10-4-9-15)13-5-7-14(19-2)8-6-13/h5-8H,3-4,9-12,15H2,1-2H3. The van der Waals surface area contributed by atoms with Gasteiger partial charge in [-0.05, 0) is 37.2 Å². The lowest BCUT2D eigenvalue weighted by molar-refractivity contribution is 0.415. The van der Waals surface area contributed by atoms with Crippen molar-refractivity contribution in [3.63, 3.8) is 0 Å². The SMILES string of the molecule is CCS(=O)(=O)CCN(CCCN)c1ccc(OC)cc1. The zero-order valence-corrected chi connectivity index (χ0v) is 13.0. The summed E-state index contributed by atoms with van der Waals surface area (Å²) in [4.78, 5) is 2.06. The first-order valence-electron chi connectivity index (χ1n) is 6.82. The molecule has 114 valence electrons. The quantitative estimate of drug-likeness (QED) is 0.744. The Bertz CT molecular complexity index is 486. The van der Waals surface area contributed by atoms with Crippen LogP contribution >= 0.6 is 0 Å². The topological polar surface area (TPSA) is 72.6 Å². The van der Waals surface area contributed by atoms with Crippen LogP contribution in [0, 0.1) is 0 Å². The normalized spacial score (nSPS) is 11.3. The number of hydrogen-bond acceptors (Lipinski definition) is 5. The fourth-order valence-electron chi connectivity index (χ4n) is 1.84. The molecule has 6 heteroatoms. The minimum atomic E-state index is -2.96. The Hall–Kier alpha value is -1.27. The van der Waals surface area contributed by atoms with E-state index in [1.807, 2.05) is 24.3 Å². The molecule has 0 bridgehead atoms.